The maximum absolute atomic E-state index is 13.1. The molecule has 1 fully saturated rings. The van der Waals surface area contributed by atoms with E-state index in [2.05, 4.69) is 37.1 Å². The van der Waals surface area contributed by atoms with E-state index >= 15 is 0 Å². The number of sulfonamides is 2. The molecule has 0 atom stereocenters. The van der Waals surface area contributed by atoms with Gasteiger partial charge in [-0.3, -0.25) is 0 Å². The zero-order valence-electron chi connectivity index (χ0n) is 16.6. The lowest BCUT2D eigenvalue weighted by Crippen LogP contribution is -2.57. The van der Waals surface area contributed by atoms with Crippen LogP contribution in [0.1, 0.15) is 0 Å². The van der Waals surface area contributed by atoms with Crippen molar-refractivity contribution in [3.63, 3.8) is 0 Å². The Morgan fingerprint density at radius 1 is 0.758 bits per heavy atom. The van der Waals surface area contributed by atoms with Crippen LogP contribution < -0.4 is 0 Å². The third kappa shape index (κ3) is 5.67. The van der Waals surface area contributed by atoms with Gasteiger partial charge in [0.05, 0.1) is 15.1 Å². The average Bonchev–Trinajstić information content (AvgIpc) is 2.74. The second kappa shape index (κ2) is 9.98. The number of nitroso groups, excluding NO2 is 1. The number of hydrogen-bond donors (Lipinski definition) is 0. The average molecular weight is 628 g/mol. The van der Waals surface area contributed by atoms with Crippen LogP contribution in [0.25, 0.3) is 0 Å². The summed E-state index contributed by atoms with van der Waals surface area (Å²) in [6.07, 6.45) is 0. The van der Waals surface area contributed by atoms with Gasteiger partial charge in [0, 0.05) is 8.95 Å². The fraction of sp³-hybridized carbons (Fsp3) is 0.250. The van der Waals surface area contributed by atoms with Gasteiger partial charge in [-0.05, 0) is 48.5 Å². The van der Waals surface area contributed by atoms with Gasteiger partial charge in [0.25, 0.3) is 0 Å². The molecule has 0 aliphatic carbocycles. The topological polar surface area (TPSA) is 154 Å². The molecule has 1 saturated heterocycles. The van der Waals surface area contributed by atoms with Gasteiger partial charge in [-0.2, -0.15) is 8.61 Å². The minimum atomic E-state index is -4.29. The Kier molecular flexibility index (Phi) is 7.69. The van der Waals surface area contributed by atoms with Gasteiger partial charge < -0.3 is 0 Å². The first kappa shape index (κ1) is 25.4. The number of benzene rings is 2. The quantitative estimate of drug-likeness (QED) is 0.266. The van der Waals surface area contributed by atoms with E-state index in [0.717, 1.165) is 0 Å². The third-order valence-corrected chi connectivity index (χ3v) is 9.15. The lowest BCUT2D eigenvalue weighted by atomic mass is 10.4. The molecule has 2 aromatic carbocycles. The van der Waals surface area contributed by atoms with E-state index in [0.29, 0.717) is 27.6 Å². The monoisotopic (exact) mass is 626 g/mol. The summed E-state index contributed by atoms with van der Waals surface area (Å²) in [6, 6.07) is 11.1. The Bertz CT molecular complexity index is 1160. The molecular formula is C16H16Br2N6O7S2. The van der Waals surface area contributed by atoms with Crippen molar-refractivity contribution in [2.24, 2.45) is 5.29 Å². The molecule has 0 unspecified atom stereocenters. The minimum absolute atomic E-state index is 0.167. The summed E-state index contributed by atoms with van der Waals surface area (Å²) in [5, 5.41) is 14.6. The molecule has 0 amide bonds. The van der Waals surface area contributed by atoms with Crippen molar-refractivity contribution < 1.29 is 21.9 Å². The highest BCUT2D eigenvalue weighted by atomic mass is 79.9. The predicted octanol–water partition coefficient (Wildman–Crippen LogP) is 2.21. The summed E-state index contributed by atoms with van der Waals surface area (Å²) in [4.78, 5) is 22.7. The van der Waals surface area contributed by atoms with Crippen molar-refractivity contribution >= 4 is 51.9 Å². The van der Waals surface area contributed by atoms with Gasteiger partial charge in [-0.1, -0.05) is 36.9 Å². The number of rotatable bonds is 6. The molecule has 13 nitrogen and oxygen atoms in total. The molecule has 33 heavy (non-hydrogen) atoms. The fourth-order valence-corrected chi connectivity index (χ4v) is 6.10. The fourth-order valence-electron chi connectivity index (χ4n) is 2.88. The molecule has 1 aliphatic heterocycles. The normalized spacial score (nSPS) is 16.8. The second-order valence-corrected chi connectivity index (χ2v) is 12.4. The summed E-state index contributed by atoms with van der Waals surface area (Å²) >= 11 is 6.39. The summed E-state index contributed by atoms with van der Waals surface area (Å²) in [5.41, 5.74) is 0. The highest BCUT2D eigenvalue weighted by molar-refractivity contribution is 9.10. The Balaban J connectivity index is 1.97. The Morgan fingerprint density at radius 2 is 1.12 bits per heavy atom. The first-order valence-corrected chi connectivity index (χ1v) is 13.4. The van der Waals surface area contributed by atoms with E-state index in [9.17, 15) is 31.9 Å². The maximum atomic E-state index is 13.1. The molecule has 2 aromatic rings. The standard InChI is InChI=1S/C16H16Br2N6O7S2/c17-13-1-5-15(6-2-13)32(28,29)22-9-20(19-25)10-23(12-21(11-22)24(26)27)33(30,31)16-7-3-14(18)4-8-16/h1-8H,9-12H2. The van der Waals surface area contributed by atoms with Crippen molar-refractivity contribution in [1.82, 2.24) is 18.6 Å². The van der Waals surface area contributed by atoms with E-state index < -0.39 is 51.8 Å². The SMILES string of the molecule is O=NN1CN(S(=O)(=O)c2ccc(Br)cc2)CN([N+](=O)[O-])CN(S(=O)(=O)c2ccc(Br)cc2)C1. The first-order chi connectivity index (χ1) is 15.4. The van der Waals surface area contributed by atoms with Crippen LogP contribution in [0.2, 0.25) is 0 Å². The molecule has 0 saturated carbocycles. The minimum Gasteiger partial charge on any atom is -0.235 e. The van der Waals surface area contributed by atoms with E-state index in [1.807, 2.05) is 0 Å². The van der Waals surface area contributed by atoms with Crippen molar-refractivity contribution in [2.75, 3.05) is 26.7 Å². The van der Waals surface area contributed by atoms with Crippen molar-refractivity contribution in [2.45, 2.75) is 9.79 Å². The Labute approximate surface area is 206 Å². The van der Waals surface area contributed by atoms with Crippen molar-refractivity contribution in [3.8, 4) is 0 Å². The third-order valence-electron chi connectivity index (χ3n) is 4.53. The van der Waals surface area contributed by atoms with Crippen LogP contribution in [-0.4, -0.2) is 67.2 Å². The molecule has 0 spiro atoms. The predicted molar refractivity (Wildman–Crippen MR) is 122 cm³/mol. The molecule has 178 valence electrons. The van der Waals surface area contributed by atoms with Crippen LogP contribution in [0, 0.1) is 15.0 Å². The van der Waals surface area contributed by atoms with Gasteiger partial charge in [0.15, 0.2) is 5.03 Å². The Hall–Kier alpha value is -2.18. The van der Waals surface area contributed by atoms with E-state index in [-0.39, 0.29) is 9.79 Å². The van der Waals surface area contributed by atoms with Gasteiger partial charge in [-0.25, -0.2) is 32.0 Å². The molecule has 1 heterocycles. The van der Waals surface area contributed by atoms with Gasteiger partial charge in [-0.15, -0.1) is 4.91 Å². The zero-order valence-corrected chi connectivity index (χ0v) is 21.4. The van der Waals surface area contributed by atoms with Crippen LogP contribution in [0.4, 0.5) is 0 Å². The van der Waals surface area contributed by atoms with Crippen molar-refractivity contribution in [3.05, 3.63) is 72.5 Å². The summed E-state index contributed by atoms with van der Waals surface area (Å²) in [6.45, 7) is -3.08. The lowest BCUT2D eigenvalue weighted by molar-refractivity contribution is -0.662. The summed E-state index contributed by atoms with van der Waals surface area (Å²) in [7, 11) is -8.57. The largest absolute Gasteiger partial charge is 0.246 e. The molecule has 0 bridgehead atoms. The van der Waals surface area contributed by atoms with E-state index in [1.54, 1.807) is 0 Å². The highest BCUT2D eigenvalue weighted by Crippen LogP contribution is 2.24. The van der Waals surface area contributed by atoms with Gasteiger partial charge >= 0.3 is 0 Å². The zero-order chi connectivity index (χ0) is 24.4. The van der Waals surface area contributed by atoms with E-state index in [1.165, 1.54) is 48.5 Å². The number of nitrogens with zero attached hydrogens (tertiary/aromatic N) is 6. The number of hydrazine groups is 1. The van der Waals surface area contributed by atoms with Crippen molar-refractivity contribution in [1.29, 1.82) is 0 Å². The number of hydrogen-bond acceptors (Lipinski definition) is 8. The molecule has 1 aliphatic rings. The molecule has 0 radical (unpaired) electrons. The molecule has 0 aromatic heterocycles. The van der Waals surface area contributed by atoms with Gasteiger partial charge in [0.1, 0.15) is 26.7 Å². The van der Waals surface area contributed by atoms with Crippen LogP contribution in [0.5, 0.6) is 0 Å². The summed E-state index contributed by atoms with van der Waals surface area (Å²) in [5.74, 6) is 0. The lowest BCUT2D eigenvalue weighted by Gasteiger charge is -2.35. The van der Waals surface area contributed by atoms with Crippen LogP contribution in [0.3, 0.4) is 0 Å². The molecular weight excluding hydrogens is 612 g/mol. The van der Waals surface area contributed by atoms with Crippen LogP contribution in [-0.2, 0) is 20.0 Å². The maximum Gasteiger partial charge on any atom is 0.246 e. The molecule has 3 rings (SSSR count). The molecule has 17 heteroatoms. The second-order valence-electron chi connectivity index (χ2n) is 6.72. The van der Waals surface area contributed by atoms with Crippen LogP contribution >= 0.6 is 31.9 Å². The first-order valence-electron chi connectivity index (χ1n) is 8.94. The summed E-state index contributed by atoms with van der Waals surface area (Å²) < 4.78 is 54.9. The smallest absolute Gasteiger partial charge is 0.235 e. The van der Waals surface area contributed by atoms with Gasteiger partial charge in [0.2, 0.25) is 20.0 Å². The van der Waals surface area contributed by atoms with Crippen LogP contribution in [0.15, 0.2) is 72.6 Å². The Morgan fingerprint density at radius 3 is 1.42 bits per heavy atom. The number of nitro groups is 1. The molecule has 0 N–H and O–H groups in total. The van der Waals surface area contributed by atoms with E-state index in [4.69, 9.17) is 0 Å². The number of halogens is 2. The highest BCUT2D eigenvalue weighted by Gasteiger charge is 2.39.